The van der Waals surface area contributed by atoms with E-state index in [2.05, 4.69) is 47.5 Å². The number of benzene rings is 2. The van der Waals surface area contributed by atoms with Crippen LogP contribution in [0.4, 0.5) is 0 Å². The van der Waals surface area contributed by atoms with Crippen molar-refractivity contribution in [1.29, 1.82) is 0 Å². The third kappa shape index (κ3) is 6.50. The van der Waals surface area contributed by atoms with Gasteiger partial charge >= 0.3 is 0 Å². The highest BCUT2D eigenvalue weighted by Crippen LogP contribution is 2.19. The van der Waals surface area contributed by atoms with Gasteiger partial charge < -0.3 is 19.7 Å². The van der Waals surface area contributed by atoms with Crippen molar-refractivity contribution < 1.29 is 9.47 Å². The van der Waals surface area contributed by atoms with Crippen LogP contribution >= 0.6 is 0 Å². The first kappa shape index (κ1) is 21.2. The lowest BCUT2D eigenvalue weighted by atomic mass is 10.1. The summed E-state index contributed by atoms with van der Waals surface area (Å²) >= 11 is 0. The first-order chi connectivity index (χ1) is 14.3. The molecule has 5 heteroatoms. The Bertz CT molecular complexity index is 764. The van der Waals surface area contributed by atoms with E-state index in [1.165, 1.54) is 11.1 Å². The highest BCUT2D eigenvalue weighted by molar-refractivity contribution is 5.80. The number of nitrogens with zero attached hydrogens (tertiary/aromatic N) is 2. The first-order valence-corrected chi connectivity index (χ1v) is 10.6. The Morgan fingerprint density at radius 3 is 2.72 bits per heavy atom. The van der Waals surface area contributed by atoms with Crippen LogP contribution in [0.2, 0.25) is 0 Å². The lowest BCUT2D eigenvalue weighted by molar-refractivity contribution is 0.0907. The quantitative estimate of drug-likeness (QED) is 0.519. The molecule has 5 nitrogen and oxygen atoms in total. The van der Waals surface area contributed by atoms with Crippen LogP contribution in [0.15, 0.2) is 59.6 Å². The van der Waals surface area contributed by atoms with Gasteiger partial charge in [0.05, 0.1) is 20.3 Å². The molecule has 0 saturated carbocycles. The van der Waals surface area contributed by atoms with Crippen molar-refractivity contribution in [1.82, 2.24) is 10.2 Å². The van der Waals surface area contributed by atoms with E-state index in [-0.39, 0.29) is 0 Å². The maximum absolute atomic E-state index is 5.96. The molecule has 0 aliphatic carbocycles. The minimum Gasteiger partial charge on any atom is -0.496 e. The summed E-state index contributed by atoms with van der Waals surface area (Å²) in [5.41, 5.74) is 2.43. The van der Waals surface area contributed by atoms with Crippen molar-refractivity contribution in [3.05, 3.63) is 65.7 Å². The molecule has 2 aromatic carbocycles. The van der Waals surface area contributed by atoms with E-state index in [1.807, 2.05) is 24.3 Å². The van der Waals surface area contributed by atoms with E-state index in [0.717, 1.165) is 57.3 Å². The summed E-state index contributed by atoms with van der Waals surface area (Å²) in [5.74, 6) is 2.49. The average molecular weight is 396 g/mol. The normalized spacial score (nSPS) is 16.8. The first-order valence-electron chi connectivity index (χ1n) is 10.6. The van der Waals surface area contributed by atoms with Crippen LogP contribution in [0.5, 0.6) is 5.75 Å². The summed E-state index contributed by atoms with van der Waals surface area (Å²) in [7, 11) is 1.72. The Morgan fingerprint density at radius 2 is 1.93 bits per heavy atom. The summed E-state index contributed by atoms with van der Waals surface area (Å²) in [4.78, 5) is 7.23. The van der Waals surface area contributed by atoms with Crippen molar-refractivity contribution in [3.8, 4) is 5.75 Å². The van der Waals surface area contributed by atoms with Crippen LogP contribution < -0.4 is 10.1 Å². The van der Waals surface area contributed by atoms with Crippen LogP contribution in [0.3, 0.4) is 0 Å². The standard InChI is InChI=1S/C24H33N3O2/c1-3-25-24(26-15-13-22-11-7-8-12-23(22)28-2)27-16-14-21(17-27)19-29-18-20-9-5-4-6-10-20/h4-12,21H,3,13-19H2,1-2H3,(H,25,26). The van der Waals surface area contributed by atoms with Crippen LogP contribution in [0.1, 0.15) is 24.5 Å². The fraction of sp³-hybridized carbons (Fsp3) is 0.458. The molecule has 0 amide bonds. The van der Waals surface area contributed by atoms with Crippen molar-refractivity contribution in [2.24, 2.45) is 10.9 Å². The summed E-state index contributed by atoms with van der Waals surface area (Å²) in [6.45, 7) is 7.24. The van der Waals surface area contributed by atoms with E-state index < -0.39 is 0 Å². The van der Waals surface area contributed by atoms with Gasteiger partial charge in [0, 0.05) is 32.1 Å². The number of hydrogen-bond donors (Lipinski definition) is 1. The van der Waals surface area contributed by atoms with Gasteiger partial charge in [0.2, 0.25) is 0 Å². The van der Waals surface area contributed by atoms with Crippen LogP contribution in [-0.4, -0.2) is 50.8 Å². The van der Waals surface area contributed by atoms with Crippen molar-refractivity contribution >= 4 is 5.96 Å². The second-order valence-corrected chi connectivity index (χ2v) is 7.40. The van der Waals surface area contributed by atoms with Gasteiger partial charge in [-0.3, -0.25) is 4.99 Å². The largest absolute Gasteiger partial charge is 0.496 e. The number of likely N-dealkylation sites (tertiary alicyclic amines) is 1. The number of ether oxygens (including phenoxy) is 2. The molecule has 1 atom stereocenters. The Labute approximate surface area is 174 Å². The van der Waals surface area contributed by atoms with Crippen LogP contribution in [0.25, 0.3) is 0 Å². The Morgan fingerprint density at radius 1 is 1.14 bits per heavy atom. The number of guanidine groups is 1. The molecule has 29 heavy (non-hydrogen) atoms. The molecule has 2 aromatic rings. The number of hydrogen-bond acceptors (Lipinski definition) is 3. The molecule has 1 aliphatic heterocycles. The zero-order chi connectivity index (χ0) is 20.3. The second kappa shape index (κ2) is 11.5. The average Bonchev–Trinajstić information content (AvgIpc) is 3.23. The molecule has 1 aliphatic rings. The van der Waals surface area contributed by atoms with Gasteiger partial charge in [-0.15, -0.1) is 0 Å². The number of nitrogens with one attached hydrogen (secondary N) is 1. The third-order valence-corrected chi connectivity index (χ3v) is 5.22. The van der Waals surface area contributed by atoms with E-state index in [9.17, 15) is 0 Å². The van der Waals surface area contributed by atoms with E-state index in [4.69, 9.17) is 14.5 Å². The zero-order valence-corrected chi connectivity index (χ0v) is 17.6. The summed E-state index contributed by atoms with van der Waals surface area (Å²) in [5, 5.41) is 3.45. The maximum atomic E-state index is 5.96. The third-order valence-electron chi connectivity index (χ3n) is 5.22. The van der Waals surface area contributed by atoms with Gasteiger partial charge in [-0.05, 0) is 37.0 Å². The lowest BCUT2D eigenvalue weighted by Crippen LogP contribution is -2.40. The molecule has 0 aromatic heterocycles. The molecule has 1 saturated heterocycles. The number of methoxy groups -OCH3 is 1. The molecular weight excluding hydrogens is 362 g/mol. The highest BCUT2D eigenvalue weighted by atomic mass is 16.5. The van der Waals surface area contributed by atoms with Gasteiger partial charge in [0.1, 0.15) is 5.75 Å². The Hall–Kier alpha value is -2.53. The monoisotopic (exact) mass is 395 g/mol. The molecule has 156 valence electrons. The smallest absolute Gasteiger partial charge is 0.193 e. The molecule has 1 N–H and O–H groups in total. The second-order valence-electron chi connectivity index (χ2n) is 7.40. The number of aliphatic imine (C=N–C) groups is 1. The summed E-state index contributed by atoms with van der Waals surface area (Å²) < 4.78 is 11.4. The maximum Gasteiger partial charge on any atom is 0.193 e. The zero-order valence-electron chi connectivity index (χ0n) is 17.6. The summed E-state index contributed by atoms with van der Waals surface area (Å²) in [6, 6.07) is 18.5. The molecular formula is C24H33N3O2. The van der Waals surface area contributed by atoms with Gasteiger partial charge in [-0.1, -0.05) is 48.5 Å². The molecule has 0 bridgehead atoms. The minimum absolute atomic E-state index is 0.553. The lowest BCUT2D eigenvalue weighted by Gasteiger charge is -2.22. The molecule has 1 heterocycles. The van der Waals surface area contributed by atoms with Crippen LogP contribution in [-0.2, 0) is 17.8 Å². The molecule has 0 radical (unpaired) electrons. The van der Waals surface area contributed by atoms with E-state index in [1.54, 1.807) is 7.11 Å². The number of para-hydroxylation sites is 1. The van der Waals surface area contributed by atoms with Gasteiger partial charge in [0.25, 0.3) is 0 Å². The van der Waals surface area contributed by atoms with Crippen molar-refractivity contribution in [2.75, 3.05) is 39.9 Å². The Kier molecular flexibility index (Phi) is 8.38. The topological polar surface area (TPSA) is 46.1 Å². The SMILES string of the molecule is CCNC(=NCCc1ccccc1OC)N1CCC(COCc2ccccc2)C1. The van der Waals surface area contributed by atoms with Gasteiger partial charge in [-0.25, -0.2) is 0 Å². The minimum atomic E-state index is 0.553. The fourth-order valence-electron chi connectivity index (χ4n) is 3.70. The van der Waals surface area contributed by atoms with Crippen molar-refractivity contribution in [2.45, 2.75) is 26.4 Å². The molecule has 1 fully saturated rings. The van der Waals surface area contributed by atoms with E-state index >= 15 is 0 Å². The van der Waals surface area contributed by atoms with Gasteiger partial charge in [-0.2, -0.15) is 0 Å². The van der Waals surface area contributed by atoms with Crippen LogP contribution in [0, 0.1) is 5.92 Å². The Balaban J connectivity index is 1.48. The highest BCUT2D eigenvalue weighted by Gasteiger charge is 2.25. The molecule has 3 rings (SSSR count). The fourth-order valence-corrected chi connectivity index (χ4v) is 3.70. The predicted molar refractivity (Wildman–Crippen MR) is 118 cm³/mol. The van der Waals surface area contributed by atoms with E-state index in [0.29, 0.717) is 12.5 Å². The molecule has 0 spiro atoms. The predicted octanol–water partition coefficient (Wildman–Crippen LogP) is 3.74. The van der Waals surface area contributed by atoms with Gasteiger partial charge in [0.15, 0.2) is 5.96 Å². The number of rotatable bonds is 9. The molecule has 1 unspecified atom stereocenters. The van der Waals surface area contributed by atoms with Crippen molar-refractivity contribution in [3.63, 3.8) is 0 Å². The summed E-state index contributed by atoms with van der Waals surface area (Å²) in [6.07, 6.45) is 2.02.